The number of carbonyl (C=O) groups is 1. The predicted molar refractivity (Wildman–Crippen MR) is 101 cm³/mol. The summed E-state index contributed by atoms with van der Waals surface area (Å²) in [5.41, 5.74) is 3.06. The summed E-state index contributed by atoms with van der Waals surface area (Å²) in [5, 5.41) is 0.799. The van der Waals surface area contributed by atoms with E-state index in [1.807, 2.05) is 30.0 Å². The van der Waals surface area contributed by atoms with Crippen molar-refractivity contribution in [2.75, 3.05) is 25.7 Å². The number of carbonyl (C=O) groups excluding carboxylic acids is 1. The number of benzene rings is 1. The molecule has 1 amide bonds. The SMILES string of the molecule is COCc1nc(OC)c2c(C)c(C(=O)N3CCc4ccccc43)sc2n1. The van der Waals surface area contributed by atoms with Gasteiger partial charge >= 0.3 is 0 Å². The van der Waals surface area contributed by atoms with Crippen molar-refractivity contribution in [1.29, 1.82) is 0 Å². The molecule has 134 valence electrons. The summed E-state index contributed by atoms with van der Waals surface area (Å²) in [6, 6.07) is 8.05. The van der Waals surface area contributed by atoms with E-state index >= 15 is 0 Å². The van der Waals surface area contributed by atoms with E-state index in [1.54, 1.807) is 14.2 Å². The van der Waals surface area contributed by atoms with Crippen LogP contribution < -0.4 is 9.64 Å². The van der Waals surface area contributed by atoms with Crippen LogP contribution in [0.5, 0.6) is 5.88 Å². The van der Waals surface area contributed by atoms with E-state index in [4.69, 9.17) is 9.47 Å². The summed E-state index contributed by atoms with van der Waals surface area (Å²) in [5.74, 6) is 1.03. The van der Waals surface area contributed by atoms with Crippen molar-refractivity contribution in [2.45, 2.75) is 20.0 Å². The van der Waals surface area contributed by atoms with Crippen LogP contribution in [-0.2, 0) is 17.8 Å². The Morgan fingerprint density at radius 1 is 1.27 bits per heavy atom. The molecule has 6 nitrogen and oxygen atoms in total. The van der Waals surface area contributed by atoms with Crippen LogP contribution in [0, 0.1) is 6.92 Å². The fraction of sp³-hybridized carbons (Fsp3) is 0.316. The van der Waals surface area contributed by atoms with E-state index in [0.29, 0.717) is 29.7 Å². The molecule has 0 bridgehead atoms. The van der Waals surface area contributed by atoms with Crippen LogP contribution in [0.4, 0.5) is 5.69 Å². The van der Waals surface area contributed by atoms with E-state index in [0.717, 1.165) is 27.9 Å². The summed E-state index contributed by atoms with van der Waals surface area (Å²) in [7, 11) is 3.17. The van der Waals surface area contributed by atoms with E-state index < -0.39 is 0 Å². The number of methoxy groups -OCH3 is 2. The first kappa shape index (κ1) is 16.9. The van der Waals surface area contributed by atoms with Crippen LogP contribution in [0.3, 0.4) is 0 Å². The lowest BCUT2D eigenvalue weighted by Gasteiger charge is -2.16. The quantitative estimate of drug-likeness (QED) is 0.706. The molecule has 0 N–H and O–H groups in total. The van der Waals surface area contributed by atoms with E-state index in [9.17, 15) is 4.79 Å². The van der Waals surface area contributed by atoms with Crippen molar-refractivity contribution in [3.8, 4) is 5.88 Å². The second kappa shape index (κ2) is 6.66. The zero-order chi connectivity index (χ0) is 18.3. The Bertz CT molecular complexity index is 999. The van der Waals surface area contributed by atoms with Gasteiger partial charge in [0.1, 0.15) is 11.4 Å². The molecule has 1 aromatic carbocycles. The molecule has 0 aliphatic carbocycles. The number of aromatic nitrogens is 2. The van der Waals surface area contributed by atoms with E-state index in [1.165, 1.54) is 16.9 Å². The standard InChI is InChI=1S/C19H19N3O3S/c1-11-15-17(25-3)20-14(10-24-2)21-18(15)26-16(11)19(23)22-9-8-12-6-4-5-7-13(12)22/h4-7H,8-10H2,1-3H3. The molecular formula is C19H19N3O3S. The number of aryl methyl sites for hydroxylation is 1. The molecule has 1 aliphatic rings. The van der Waals surface area contributed by atoms with Crippen molar-refractivity contribution >= 4 is 33.1 Å². The van der Waals surface area contributed by atoms with Gasteiger partial charge in [-0.1, -0.05) is 18.2 Å². The monoisotopic (exact) mass is 369 g/mol. The summed E-state index contributed by atoms with van der Waals surface area (Å²) in [4.78, 5) is 25.4. The molecule has 4 rings (SSSR count). The number of hydrogen-bond donors (Lipinski definition) is 0. The first-order valence-electron chi connectivity index (χ1n) is 8.36. The topological polar surface area (TPSA) is 64.6 Å². The minimum absolute atomic E-state index is 0.00537. The van der Waals surface area contributed by atoms with Crippen LogP contribution in [0.15, 0.2) is 24.3 Å². The highest BCUT2D eigenvalue weighted by Gasteiger charge is 2.29. The van der Waals surface area contributed by atoms with Crippen molar-refractivity contribution in [3.05, 3.63) is 46.1 Å². The molecule has 2 aromatic heterocycles. The molecule has 0 atom stereocenters. The number of nitrogens with zero attached hydrogens (tertiary/aromatic N) is 3. The number of anilines is 1. The van der Waals surface area contributed by atoms with Crippen LogP contribution in [0.2, 0.25) is 0 Å². The van der Waals surface area contributed by atoms with Gasteiger partial charge in [0.2, 0.25) is 5.88 Å². The number of fused-ring (bicyclic) bond motifs is 2. The number of rotatable bonds is 4. The van der Waals surface area contributed by atoms with E-state index in [2.05, 4.69) is 16.0 Å². The van der Waals surface area contributed by atoms with E-state index in [-0.39, 0.29) is 5.91 Å². The minimum atomic E-state index is 0.00537. The van der Waals surface area contributed by atoms with Gasteiger partial charge < -0.3 is 14.4 Å². The molecule has 3 heterocycles. The lowest BCUT2D eigenvalue weighted by Crippen LogP contribution is -2.28. The van der Waals surface area contributed by atoms with Gasteiger partial charge in [-0.15, -0.1) is 11.3 Å². The van der Waals surface area contributed by atoms with Crippen LogP contribution in [0.1, 0.15) is 26.6 Å². The van der Waals surface area contributed by atoms with Gasteiger partial charge in [0.15, 0.2) is 5.82 Å². The molecule has 0 spiro atoms. The zero-order valence-corrected chi connectivity index (χ0v) is 15.7. The molecule has 0 fully saturated rings. The maximum atomic E-state index is 13.2. The number of hydrogen-bond acceptors (Lipinski definition) is 6. The van der Waals surface area contributed by atoms with Gasteiger partial charge in [0, 0.05) is 19.3 Å². The molecule has 0 saturated carbocycles. The van der Waals surface area contributed by atoms with Gasteiger partial charge in [-0.2, -0.15) is 4.98 Å². The summed E-state index contributed by atoms with van der Waals surface area (Å²) in [6.45, 7) is 2.92. The van der Waals surface area contributed by atoms with Crippen molar-refractivity contribution < 1.29 is 14.3 Å². The second-order valence-corrected chi connectivity index (χ2v) is 7.15. The fourth-order valence-corrected chi connectivity index (χ4v) is 4.50. The Morgan fingerprint density at radius 2 is 2.08 bits per heavy atom. The van der Waals surface area contributed by atoms with Crippen LogP contribution in [-0.4, -0.2) is 36.6 Å². The van der Waals surface area contributed by atoms with Crippen molar-refractivity contribution in [1.82, 2.24) is 9.97 Å². The summed E-state index contributed by atoms with van der Waals surface area (Å²) in [6.07, 6.45) is 0.882. The molecule has 1 aliphatic heterocycles. The molecule has 7 heteroatoms. The minimum Gasteiger partial charge on any atom is -0.480 e. The molecule has 3 aromatic rings. The van der Waals surface area contributed by atoms with Crippen molar-refractivity contribution in [3.63, 3.8) is 0 Å². The number of para-hydroxylation sites is 1. The molecular weight excluding hydrogens is 350 g/mol. The highest BCUT2D eigenvalue weighted by atomic mass is 32.1. The average molecular weight is 369 g/mol. The maximum absolute atomic E-state index is 13.2. The number of amides is 1. The van der Waals surface area contributed by atoms with Gasteiger partial charge in [0.05, 0.1) is 17.4 Å². The van der Waals surface area contributed by atoms with Crippen molar-refractivity contribution in [2.24, 2.45) is 0 Å². The lowest BCUT2D eigenvalue weighted by atomic mass is 10.1. The van der Waals surface area contributed by atoms with Gasteiger partial charge in [-0.3, -0.25) is 4.79 Å². The largest absolute Gasteiger partial charge is 0.480 e. The lowest BCUT2D eigenvalue weighted by molar-refractivity contribution is 0.0993. The third-order valence-corrected chi connectivity index (χ3v) is 5.77. The number of thiophene rings is 1. The fourth-order valence-electron chi connectivity index (χ4n) is 3.36. The van der Waals surface area contributed by atoms with Gasteiger partial charge in [0.25, 0.3) is 5.91 Å². The normalized spacial score (nSPS) is 13.3. The molecule has 0 unspecified atom stereocenters. The Morgan fingerprint density at radius 3 is 2.85 bits per heavy atom. The smallest absolute Gasteiger partial charge is 0.268 e. The Labute approximate surface area is 155 Å². The third-order valence-electron chi connectivity index (χ3n) is 4.60. The van der Waals surface area contributed by atoms with Crippen LogP contribution in [0.25, 0.3) is 10.2 Å². The highest BCUT2D eigenvalue weighted by molar-refractivity contribution is 7.20. The Kier molecular flexibility index (Phi) is 4.34. The molecule has 0 radical (unpaired) electrons. The molecule has 26 heavy (non-hydrogen) atoms. The first-order valence-corrected chi connectivity index (χ1v) is 9.18. The predicted octanol–water partition coefficient (Wildman–Crippen LogP) is 3.36. The summed E-state index contributed by atoms with van der Waals surface area (Å²) >= 11 is 1.39. The Balaban J connectivity index is 1.80. The average Bonchev–Trinajstić information content (AvgIpc) is 3.22. The maximum Gasteiger partial charge on any atom is 0.268 e. The third kappa shape index (κ3) is 2.64. The molecule has 0 saturated heterocycles. The summed E-state index contributed by atoms with van der Waals surface area (Å²) < 4.78 is 10.6. The number of ether oxygens (including phenoxy) is 2. The highest BCUT2D eigenvalue weighted by Crippen LogP contribution is 2.37. The first-order chi connectivity index (χ1) is 12.6. The second-order valence-electron chi connectivity index (χ2n) is 6.15. The van der Waals surface area contributed by atoms with Gasteiger partial charge in [-0.05, 0) is 30.5 Å². The Hall–Kier alpha value is -2.51. The zero-order valence-electron chi connectivity index (χ0n) is 14.9. The van der Waals surface area contributed by atoms with Crippen LogP contribution >= 0.6 is 11.3 Å². The van der Waals surface area contributed by atoms with Gasteiger partial charge in [-0.25, -0.2) is 4.98 Å².